The van der Waals surface area contributed by atoms with Crippen LogP contribution >= 0.6 is 11.3 Å². The van der Waals surface area contributed by atoms with Crippen LogP contribution in [0, 0.1) is 0 Å². The Morgan fingerprint density at radius 3 is 2.75 bits per heavy atom. The lowest BCUT2D eigenvalue weighted by atomic mass is 10.1. The number of nitrogens with zero attached hydrogens (tertiary/aromatic N) is 1. The number of benzene rings is 1. The molecule has 1 aromatic heterocycles. The Balaban J connectivity index is 1.84. The van der Waals surface area contributed by atoms with Crippen LogP contribution in [0.4, 0.5) is 5.00 Å². The van der Waals surface area contributed by atoms with Gasteiger partial charge in [0, 0.05) is 25.7 Å². The lowest BCUT2D eigenvalue weighted by Gasteiger charge is -2.18. The van der Waals surface area contributed by atoms with Crippen molar-refractivity contribution >= 4 is 28.2 Å². The summed E-state index contributed by atoms with van der Waals surface area (Å²) in [6, 6.07) is 5.75. The first-order valence-corrected chi connectivity index (χ1v) is 9.63. The summed E-state index contributed by atoms with van der Waals surface area (Å²) in [4.78, 5) is 27.1. The fraction of sp³-hybridized carbons (Fsp3) is 0.368. The van der Waals surface area contributed by atoms with Crippen LogP contribution in [0.1, 0.15) is 38.1 Å². The number of anilines is 1. The SMILES string of the molecule is CCOC(=O)c1c(N)sc(C(=O)NC)c1CN(C)Cc1ccc2c(c1)OCO2. The molecule has 0 bridgehead atoms. The Morgan fingerprint density at radius 1 is 1.29 bits per heavy atom. The van der Waals surface area contributed by atoms with Crippen molar-refractivity contribution < 1.29 is 23.8 Å². The number of ether oxygens (including phenoxy) is 3. The lowest BCUT2D eigenvalue weighted by Crippen LogP contribution is -2.23. The molecule has 150 valence electrons. The molecular weight excluding hydrogens is 382 g/mol. The molecule has 1 aliphatic heterocycles. The van der Waals surface area contributed by atoms with Gasteiger partial charge in [-0.3, -0.25) is 9.69 Å². The highest BCUT2D eigenvalue weighted by Crippen LogP contribution is 2.34. The molecule has 1 aliphatic rings. The van der Waals surface area contributed by atoms with Crippen LogP contribution < -0.4 is 20.5 Å². The van der Waals surface area contributed by atoms with E-state index < -0.39 is 5.97 Å². The van der Waals surface area contributed by atoms with Crippen molar-refractivity contribution in [2.45, 2.75) is 20.0 Å². The van der Waals surface area contributed by atoms with Crippen molar-refractivity contribution in [1.29, 1.82) is 0 Å². The Hall–Kier alpha value is -2.78. The number of nitrogens with two attached hydrogens (primary N) is 1. The highest BCUT2D eigenvalue weighted by atomic mass is 32.1. The summed E-state index contributed by atoms with van der Waals surface area (Å²) in [5.41, 5.74) is 7.91. The second kappa shape index (κ2) is 8.49. The molecule has 1 amide bonds. The molecule has 0 saturated carbocycles. The smallest absolute Gasteiger partial charge is 0.341 e. The van der Waals surface area contributed by atoms with Crippen LogP contribution in [0.25, 0.3) is 0 Å². The van der Waals surface area contributed by atoms with Crippen LogP contribution in [0.5, 0.6) is 11.5 Å². The van der Waals surface area contributed by atoms with E-state index in [1.807, 2.05) is 30.1 Å². The van der Waals surface area contributed by atoms with Gasteiger partial charge in [0.05, 0.1) is 17.0 Å². The third-order valence-electron chi connectivity index (χ3n) is 4.26. The summed E-state index contributed by atoms with van der Waals surface area (Å²) in [6.07, 6.45) is 0. The predicted molar refractivity (Wildman–Crippen MR) is 106 cm³/mol. The van der Waals surface area contributed by atoms with E-state index >= 15 is 0 Å². The predicted octanol–water partition coefficient (Wildman–Crippen LogP) is 2.23. The van der Waals surface area contributed by atoms with Crippen LogP contribution in [-0.2, 0) is 17.8 Å². The maximum atomic E-state index is 12.4. The molecule has 3 rings (SSSR count). The minimum absolute atomic E-state index is 0.223. The molecule has 9 heteroatoms. The van der Waals surface area contributed by atoms with Gasteiger partial charge in [0.1, 0.15) is 5.00 Å². The van der Waals surface area contributed by atoms with Gasteiger partial charge in [-0.2, -0.15) is 0 Å². The number of carbonyl (C=O) groups is 2. The first-order valence-electron chi connectivity index (χ1n) is 8.82. The minimum atomic E-state index is -0.516. The topological polar surface area (TPSA) is 103 Å². The summed E-state index contributed by atoms with van der Waals surface area (Å²) in [6.45, 7) is 3.13. The number of nitrogens with one attached hydrogen (secondary N) is 1. The summed E-state index contributed by atoms with van der Waals surface area (Å²) >= 11 is 1.09. The summed E-state index contributed by atoms with van der Waals surface area (Å²) in [5, 5.41) is 2.88. The van der Waals surface area contributed by atoms with Gasteiger partial charge in [-0.15, -0.1) is 11.3 Å². The molecule has 2 aromatic rings. The Labute approximate surface area is 167 Å². The number of hydrogen-bond acceptors (Lipinski definition) is 8. The molecule has 0 radical (unpaired) electrons. The van der Waals surface area contributed by atoms with Gasteiger partial charge in [-0.25, -0.2) is 4.79 Å². The van der Waals surface area contributed by atoms with Gasteiger partial charge in [0.15, 0.2) is 11.5 Å². The standard InChI is InChI=1S/C19H23N3O5S/c1-4-25-19(24)15-12(16(18(23)21-2)28-17(15)20)9-22(3)8-11-5-6-13-14(7-11)27-10-26-13/h5-7H,4,8-10,20H2,1-3H3,(H,21,23). The summed E-state index contributed by atoms with van der Waals surface area (Å²) in [7, 11) is 3.45. The van der Waals surface area contributed by atoms with Crippen LogP contribution in [0.2, 0.25) is 0 Å². The number of amides is 1. The number of nitrogen functional groups attached to an aromatic ring is 1. The third-order valence-corrected chi connectivity index (χ3v) is 5.32. The number of carbonyl (C=O) groups excluding carboxylic acids is 2. The van der Waals surface area contributed by atoms with Gasteiger partial charge in [0.25, 0.3) is 5.91 Å². The van der Waals surface area contributed by atoms with E-state index in [1.54, 1.807) is 14.0 Å². The van der Waals surface area contributed by atoms with E-state index in [9.17, 15) is 9.59 Å². The van der Waals surface area contributed by atoms with Crippen molar-refractivity contribution in [2.24, 2.45) is 0 Å². The molecule has 8 nitrogen and oxygen atoms in total. The molecule has 0 unspecified atom stereocenters. The Morgan fingerprint density at radius 2 is 2.04 bits per heavy atom. The van der Waals surface area contributed by atoms with Crippen molar-refractivity contribution in [1.82, 2.24) is 10.2 Å². The molecule has 28 heavy (non-hydrogen) atoms. The quantitative estimate of drug-likeness (QED) is 0.681. The molecule has 0 fully saturated rings. The van der Waals surface area contributed by atoms with Gasteiger partial charge in [-0.05, 0) is 31.7 Å². The zero-order chi connectivity index (χ0) is 20.3. The fourth-order valence-corrected chi connectivity index (χ4v) is 4.05. The number of fused-ring (bicyclic) bond motifs is 1. The van der Waals surface area contributed by atoms with Gasteiger partial charge in [-0.1, -0.05) is 6.07 Å². The van der Waals surface area contributed by atoms with Gasteiger partial charge in [0.2, 0.25) is 6.79 Å². The molecule has 0 aliphatic carbocycles. The van der Waals surface area contributed by atoms with E-state index in [4.69, 9.17) is 19.9 Å². The fourth-order valence-electron chi connectivity index (χ4n) is 3.04. The highest BCUT2D eigenvalue weighted by Gasteiger charge is 2.27. The van der Waals surface area contributed by atoms with Crippen LogP contribution in [0.15, 0.2) is 18.2 Å². The third kappa shape index (κ3) is 4.05. The van der Waals surface area contributed by atoms with Crippen LogP contribution in [0.3, 0.4) is 0 Å². The normalized spacial score (nSPS) is 12.3. The number of hydrogen-bond donors (Lipinski definition) is 2. The molecule has 0 saturated heterocycles. The highest BCUT2D eigenvalue weighted by molar-refractivity contribution is 7.18. The second-order valence-electron chi connectivity index (χ2n) is 6.31. The molecule has 2 heterocycles. The van der Waals surface area contributed by atoms with Gasteiger partial charge >= 0.3 is 5.97 Å². The van der Waals surface area contributed by atoms with E-state index in [2.05, 4.69) is 5.32 Å². The molecule has 0 atom stereocenters. The number of esters is 1. The van der Waals surface area contributed by atoms with E-state index in [-0.39, 0.29) is 29.9 Å². The lowest BCUT2D eigenvalue weighted by molar-refractivity contribution is 0.0526. The molecule has 3 N–H and O–H groups in total. The molecular formula is C19H23N3O5S. The van der Waals surface area contributed by atoms with Crippen molar-refractivity contribution in [3.8, 4) is 11.5 Å². The average molecular weight is 405 g/mol. The van der Waals surface area contributed by atoms with Crippen LogP contribution in [-0.4, -0.2) is 44.3 Å². The Bertz CT molecular complexity index is 896. The average Bonchev–Trinajstić information content (AvgIpc) is 3.25. The van der Waals surface area contributed by atoms with Crippen molar-refractivity contribution in [3.63, 3.8) is 0 Å². The van der Waals surface area contributed by atoms with Crippen molar-refractivity contribution in [2.75, 3.05) is 33.2 Å². The van der Waals surface area contributed by atoms with E-state index in [1.165, 1.54) is 0 Å². The monoisotopic (exact) mass is 405 g/mol. The Kier molecular flexibility index (Phi) is 6.05. The largest absolute Gasteiger partial charge is 0.462 e. The van der Waals surface area contributed by atoms with E-state index in [0.29, 0.717) is 29.3 Å². The summed E-state index contributed by atoms with van der Waals surface area (Å²) in [5.74, 6) is 0.643. The number of thiophene rings is 1. The maximum absolute atomic E-state index is 12.4. The molecule has 1 aromatic carbocycles. The van der Waals surface area contributed by atoms with E-state index in [0.717, 1.165) is 22.6 Å². The van der Waals surface area contributed by atoms with Gasteiger partial charge < -0.3 is 25.3 Å². The molecule has 0 spiro atoms. The first-order chi connectivity index (χ1) is 13.4. The van der Waals surface area contributed by atoms with Crippen molar-refractivity contribution in [3.05, 3.63) is 39.8 Å². The first kappa shape index (κ1) is 20.0. The second-order valence-corrected chi connectivity index (χ2v) is 7.36. The minimum Gasteiger partial charge on any atom is -0.462 e. The zero-order valence-electron chi connectivity index (χ0n) is 16.0. The maximum Gasteiger partial charge on any atom is 0.341 e. The number of rotatable bonds is 7. The summed E-state index contributed by atoms with van der Waals surface area (Å²) < 4.78 is 15.9. The zero-order valence-corrected chi connectivity index (χ0v) is 16.9.